The minimum atomic E-state index is 0.771. The van der Waals surface area contributed by atoms with Crippen LogP contribution in [0.15, 0.2) is 46.6 Å². The van der Waals surface area contributed by atoms with Gasteiger partial charge in [-0.15, -0.1) is 11.3 Å². The summed E-state index contributed by atoms with van der Waals surface area (Å²) in [6, 6.07) is 8.21. The molecule has 116 valence electrons. The molecule has 23 heavy (non-hydrogen) atoms. The van der Waals surface area contributed by atoms with Crippen LogP contribution >= 0.6 is 27.3 Å². The van der Waals surface area contributed by atoms with Crippen molar-refractivity contribution in [3.63, 3.8) is 0 Å². The minimum absolute atomic E-state index is 0.771. The Bertz CT molecular complexity index is 818. The van der Waals surface area contributed by atoms with E-state index in [1.54, 1.807) is 17.5 Å². The molecule has 0 amide bonds. The highest BCUT2D eigenvalue weighted by Gasteiger charge is 2.19. The maximum atomic E-state index is 4.75. The maximum Gasteiger partial charge on any atom is 0.160 e. The zero-order valence-corrected chi connectivity index (χ0v) is 14.8. The molecule has 1 aliphatic heterocycles. The summed E-state index contributed by atoms with van der Waals surface area (Å²) in [6.07, 6.45) is 6.52. The topological polar surface area (TPSA) is 41.9 Å². The van der Waals surface area contributed by atoms with E-state index in [1.807, 2.05) is 24.5 Å². The summed E-state index contributed by atoms with van der Waals surface area (Å²) >= 11 is 5.33. The zero-order valence-electron chi connectivity index (χ0n) is 12.4. The number of fused-ring (bicyclic) bond motifs is 1. The van der Waals surface area contributed by atoms with Gasteiger partial charge in [0.15, 0.2) is 5.82 Å². The third-order valence-electron chi connectivity index (χ3n) is 3.94. The summed E-state index contributed by atoms with van der Waals surface area (Å²) < 4.78 is 1.19. The Morgan fingerprint density at radius 3 is 2.96 bits per heavy atom. The lowest BCUT2D eigenvalue weighted by Crippen LogP contribution is -2.30. The molecule has 0 aliphatic carbocycles. The van der Waals surface area contributed by atoms with Gasteiger partial charge in [0, 0.05) is 60.6 Å². The Balaban J connectivity index is 1.52. The van der Waals surface area contributed by atoms with Crippen LogP contribution in [0.1, 0.15) is 16.1 Å². The molecule has 4 rings (SSSR count). The van der Waals surface area contributed by atoms with E-state index in [0.29, 0.717) is 0 Å². The van der Waals surface area contributed by atoms with Gasteiger partial charge in [0.2, 0.25) is 0 Å². The number of hydrogen-bond donors (Lipinski definition) is 0. The molecule has 0 N–H and O–H groups in total. The molecule has 1 aliphatic rings. The van der Waals surface area contributed by atoms with E-state index in [-0.39, 0.29) is 0 Å². The smallest absolute Gasteiger partial charge is 0.160 e. The van der Waals surface area contributed by atoms with Crippen LogP contribution in [0.25, 0.3) is 11.4 Å². The van der Waals surface area contributed by atoms with Crippen molar-refractivity contribution >= 4 is 27.3 Å². The van der Waals surface area contributed by atoms with Crippen molar-refractivity contribution < 1.29 is 0 Å². The molecule has 3 aromatic rings. The number of thiophene rings is 1. The normalized spacial score (nSPS) is 14.7. The van der Waals surface area contributed by atoms with Gasteiger partial charge >= 0.3 is 0 Å². The largest absolute Gasteiger partial charge is 0.293 e. The molecular formula is C17H15BrN4S. The second-order valence-corrected chi connectivity index (χ2v) is 8.12. The third-order valence-corrected chi connectivity index (χ3v) is 5.55. The Kier molecular flexibility index (Phi) is 4.20. The van der Waals surface area contributed by atoms with E-state index in [9.17, 15) is 0 Å². The Morgan fingerprint density at radius 1 is 1.22 bits per heavy atom. The molecule has 6 heteroatoms. The number of pyridine rings is 1. The molecule has 0 saturated carbocycles. The van der Waals surface area contributed by atoms with Crippen LogP contribution in [0.5, 0.6) is 0 Å². The average molecular weight is 387 g/mol. The van der Waals surface area contributed by atoms with Crippen LogP contribution in [0.3, 0.4) is 0 Å². The van der Waals surface area contributed by atoms with Gasteiger partial charge in [-0.05, 0) is 40.2 Å². The van der Waals surface area contributed by atoms with Gasteiger partial charge in [0.05, 0.1) is 9.48 Å². The summed E-state index contributed by atoms with van der Waals surface area (Å²) in [5.41, 5.74) is 3.38. The fourth-order valence-corrected chi connectivity index (χ4v) is 4.33. The molecule has 3 aromatic heterocycles. The zero-order chi connectivity index (χ0) is 15.6. The first-order valence-electron chi connectivity index (χ1n) is 7.50. The van der Waals surface area contributed by atoms with E-state index in [1.165, 1.54) is 19.9 Å². The quantitative estimate of drug-likeness (QED) is 0.683. The molecule has 0 bridgehead atoms. The van der Waals surface area contributed by atoms with Crippen LogP contribution < -0.4 is 0 Å². The lowest BCUT2D eigenvalue weighted by atomic mass is 10.1. The highest BCUT2D eigenvalue weighted by molar-refractivity contribution is 9.11. The molecule has 0 radical (unpaired) electrons. The predicted molar refractivity (Wildman–Crippen MR) is 95.1 cm³/mol. The van der Waals surface area contributed by atoms with E-state index < -0.39 is 0 Å². The summed E-state index contributed by atoms with van der Waals surface area (Å²) in [7, 11) is 0. The number of halogens is 1. The van der Waals surface area contributed by atoms with Gasteiger partial charge in [0.25, 0.3) is 0 Å². The molecular weight excluding hydrogens is 372 g/mol. The monoisotopic (exact) mass is 386 g/mol. The first-order chi connectivity index (χ1) is 11.3. The van der Waals surface area contributed by atoms with Crippen LogP contribution in [0.2, 0.25) is 0 Å². The molecule has 4 heterocycles. The van der Waals surface area contributed by atoms with Gasteiger partial charge in [-0.2, -0.15) is 0 Å². The van der Waals surface area contributed by atoms with Crippen LogP contribution in [0.4, 0.5) is 0 Å². The number of nitrogens with zero attached hydrogens (tertiary/aromatic N) is 4. The molecule has 4 nitrogen and oxygen atoms in total. The minimum Gasteiger partial charge on any atom is -0.293 e. The highest BCUT2D eigenvalue weighted by atomic mass is 79.9. The van der Waals surface area contributed by atoms with Crippen molar-refractivity contribution in [1.29, 1.82) is 0 Å². The standard InChI is InChI=1S/C17H15BrN4S/c18-16-4-3-14(23-16)11-22-7-5-15-13(10-22)9-20-17(21-15)12-2-1-6-19-8-12/h1-4,6,8-9H,5,7,10-11H2. The van der Waals surface area contributed by atoms with Crippen molar-refractivity contribution in [2.24, 2.45) is 0 Å². The molecule has 0 aromatic carbocycles. The number of aromatic nitrogens is 3. The first-order valence-corrected chi connectivity index (χ1v) is 9.10. The molecule has 0 spiro atoms. The lowest BCUT2D eigenvalue weighted by Gasteiger charge is -2.27. The second kappa shape index (κ2) is 6.47. The van der Waals surface area contributed by atoms with Gasteiger partial charge in [-0.25, -0.2) is 9.97 Å². The van der Waals surface area contributed by atoms with Gasteiger partial charge in [-0.1, -0.05) is 0 Å². The molecule has 0 unspecified atom stereocenters. The molecule has 0 atom stereocenters. The Morgan fingerprint density at radius 2 is 2.17 bits per heavy atom. The van der Waals surface area contributed by atoms with E-state index in [4.69, 9.17) is 4.98 Å². The number of rotatable bonds is 3. The van der Waals surface area contributed by atoms with Crippen molar-refractivity contribution in [2.45, 2.75) is 19.5 Å². The van der Waals surface area contributed by atoms with E-state index in [2.05, 4.69) is 42.9 Å². The summed E-state index contributed by atoms with van der Waals surface area (Å²) in [5.74, 6) is 0.771. The average Bonchev–Trinajstić information content (AvgIpc) is 3.00. The molecule has 0 saturated heterocycles. The second-order valence-electron chi connectivity index (χ2n) is 5.57. The summed E-state index contributed by atoms with van der Waals surface area (Å²) in [6.45, 7) is 2.93. The Hall–Kier alpha value is -1.63. The van der Waals surface area contributed by atoms with Crippen LogP contribution in [-0.2, 0) is 19.5 Å². The van der Waals surface area contributed by atoms with E-state index in [0.717, 1.165) is 37.4 Å². The fourth-order valence-electron chi connectivity index (χ4n) is 2.80. The van der Waals surface area contributed by atoms with Crippen molar-refractivity contribution in [2.75, 3.05) is 6.54 Å². The van der Waals surface area contributed by atoms with E-state index >= 15 is 0 Å². The van der Waals surface area contributed by atoms with Crippen molar-refractivity contribution in [3.05, 3.63) is 62.8 Å². The fraction of sp³-hybridized carbons (Fsp3) is 0.235. The SMILES string of the molecule is Brc1ccc(CN2CCc3nc(-c4cccnc4)ncc3C2)s1. The first kappa shape index (κ1) is 14.9. The third kappa shape index (κ3) is 3.34. The van der Waals surface area contributed by atoms with Gasteiger partial charge < -0.3 is 0 Å². The van der Waals surface area contributed by atoms with Crippen LogP contribution in [-0.4, -0.2) is 26.4 Å². The van der Waals surface area contributed by atoms with Crippen molar-refractivity contribution in [1.82, 2.24) is 19.9 Å². The molecule has 0 fully saturated rings. The number of hydrogen-bond acceptors (Lipinski definition) is 5. The van der Waals surface area contributed by atoms with Gasteiger partial charge in [0.1, 0.15) is 0 Å². The van der Waals surface area contributed by atoms with Gasteiger partial charge in [-0.3, -0.25) is 9.88 Å². The summed E-state index contributed by atoms with van der Waals surface area (Å²) in [4.78, 5) is 17.2. The van der Waals surface area contributed by atoms with Crippen molar-refractivity contribution in [3.8, 4) is 11.4 Å². The lowest BCUT2D eigenvalue weighted by molar-refractivity contribution is 0.245. The summed E-state index contributed by atoms with van der Waals surface area (Å²) in [5, 5.41) is 0. The highest BCUT2D eigenvalue weighted by Crippen LogP contribution is 2.26. The maximum absolute atomic E-state index is 4.75. The van der Waals surface area contributed by atoms with Crippen LogP contribution in [0, 0.1) is 0 Å². The predicted octanol–water partition coefficient (Wildman–Crippen LogP) is 3.92. The Labute approximate surface area is 147 Å².